The fraction of sp³-hybridized carbons (Fsp3) is 0.318. The molecule has 0 bridgehead atoms. The summed E-state index contributed by atoms with van der Waals surface area (Å²) in [4.78, 5) is 20.1. The minimum atomic E-state index is -0.129. The van der Waals surface area contributed by atoms with Crippen LogP contribution >= 0.6 is 0 Å². The number of ether oxygens (including phenoxy) is 2. The van der Waals surface area contributed by atoms with E-state index in [0.29, 0.717) is 17.9 Å². The topological polar surface area (TPSA) is 82.0 Å². The summed E-state index contributed by atoms with van der Waals surface area (Å²) in [7, 11) is 1.62. The summed E-state index contributed by atoms with van der Waals surface area (Å²) >= 11 is 0. The van der Waals surface area contributed by atoms with Gasteiger partial charge in [-0.1, -0.05) is 12.1 Å². The summed E-state index contributed by atoms with van der Waals surface area (Å²) in [5.74, 6) is 0.606. The van der Waals surface area contributed by atoms with Crippen molar-refractivity contribution in [1.29, 1.82) is 0 Å². The van der Waals surface area contributed by atoms with Crippen LogP contribution in [-0.4, -0.2) is 40.1 Å². The Morgan fingerprint density at radius 3 is 2.86 bits per heavy atom. The van der Waals surface area contributed by atoms with E-state index in [-0.39, 0.29) is 11.6 Å². The highest BCUT2D eigenvalue weighted by molar-refractivity contribution is 6.04. The lowest BCUT2D eigenvalue weighted by Gasteiger charge is -2.14. The maximum absolute atomic E-state index is 12.7. The van der Waals surface area contributed by atoms with Gasteiger partial charge in [-0.3, -0.25) is 9.48 Å². The van der Waals surface area contributed by atoms with E-state index >= 15 is 0 Å². The monoisotopic (exact) mass is 390 g/mol. The molecule has 4 heterocycles. The third-order valence-corrected chi connectivity index (χ3v) is 5.76. The zero-order valence-corrected chi connectivity index (χ0v) is 16.7. The van der Waals surface area contributed by atoms with E-state index in [1.54, 1.807) is 13.3 Å². The van der Waals surface area contributed by atoms with Crippen LogP contribution in [0.1, 0.15) is 23.6 Å². The van der Waals surface area contributed by atoms with E-state index in [1.807, 2.05) is 30.8 Å². The molecule has 0 spiro atoms. The number of methoxy groups -OCH3 is 1. The van der Waals surface area contributed by atoms with Crippen molar-refractivity contribution in [3.8, 4) is 17.0 Å². The van der Waals surface area contributed by atoms with Crippen LogP contribution in [0.4, 0.5) is 0 Å². The standard InChI is InChI=1S/C22H22N4O3/c1-12-9-23-22(28-3)13(2)19(12)14-4-5-16-18(8-14)25-21(27)17-10-24-26(20(16)17)15-6-7-29-11-15/h4-5,8-10,15H,6-7,11H2,1-3H3,(H,25,27)/t15-/m1/s1. The van der Waals surface area contributed by atoms with Crippen LogP contribution < -0.4 is 10.3 Å². The number of hydrogen-bond acceptors (Lipinski definition) is 5. The lowest BCUT2D eigenvalue weighted by molar-refractivity contribution is 0.185. The molecule has 1 N–H and O–H groups in total. The van der Waals surface area contributed by atoms with Crippen molar-refractivity contribution in [1.82, 2.24) is 19.7 Å². The van der Waals surface area contributed by atoms with E-state index in [2.05, 4.69) is 27.2 Å². The van der Waals surface area contributed by atoms with Gasteiger partial charge in [-0.05, 0) is 43.0 Å². The second-order valence-electron chi connectivity index (χ2n) is 7.53. The molecule has 0 aliphatic carbocycles. The number of H-pyrrole nitrogens is 1. The first kappa shape index (κ1) is 17.9. The van der Waals surface area contributed by atoms with Crippen LogP contribution in [0.25, 0.3) is 32.9 Å². The summed E-state index contributed by atoms with van der Waals surface area (Å²) in [5, 5.41) is 6.09. The summed E-state index contributed by atoms with van der Waals surface area (Å²) in [6.45, 7) is 5.37. The number of aromatic amines is 1. The van der Waals surface area contributed by atoms with Gasteiger partial charge in [0.1, 0.15) is 0 Å². The van der Waals surface area contributed by atoms with E-state index in [1.165, 1.54) is 0 Å². The molecule has 29 heavy (non-hydrogen) atoms. The maximum atomic E-state index is 12.7. The molecule has 7 heteroatoms. The fourth-order valence-electron chi connectivity index (χ4n) is 4.36. The van der Waals surface area contributed by atoms with Crippen molar-refractivity contribution in [3.05, 3.63) is 52.1 Å². The quantitative estimate of drug-likeness (QED) is 0.579. The van der Waals surface area contributed by atoms with Gasteiger partial charge in [0.2, 0.25) is 5.88 Å². The first-order chi connectivity index (χ1) is 14.1. The molecule has 1 aliphatic rings. The molecule has 1 aromatic carbocycles. The smallest absolute Gasteiger partial charge is 0.259 e. The first-order valence-electron chi connectivity index (χ1n) is 9.70. The Labute approximate surface area is 167 Å². The van der Waals surface area contributed by atoms with Crippen molar-refractivity contribution in [2.75, 3.05) is 20.3 Å². The minimum absolute atomic E-state index is 0.129. The van der Waals surface area contributed by atoms with Gasteiger partial charge in [0.25, 0.3) is 5.56 Å². The second-order valence-corrected chi connectivity index (χ2v) is 7.53. The van der Waals surface area contributed by atoms with Gasteiger partial charge in [0, 0.05) is 23.8 Å². The molecule has 1 aliphatic heterocycles. The molecule has 1 fully saturated rings. The molecular weight excluding hydrogens is 368 g/mol. The highest BCUT2D eigenvalue weighted by Crippen LogP contribution is 2.34. The zero-order chi connectivity index (χ0) is 20.1. The van der Waals surface area contributed by atoms with Crippen LogP contribution in [-0.2, 0) is 4.74 Å². The van der Waals surface area contributed by atoms with Crippen molar-refractivity contribution >= 4 is 21.8 Å². The highest BCUT2D eigenvalue weighted by Gasteiger charge is 2.22. The Hall–Kier alpha value is -3.19. The van der Waals surface area contributed by atoms with Gasteiger partial charge in [-0.2, -0.15) is 5.10 Å². The molecule has 7 nitrogen and oxygen atoms in total. The summed E-state index contributed by atoms with van der Waals surface area (Å²) in [6.07, 6.45) is 4.37. The Morgan fingerprint density at radius 2 is 2.10 bits per heavy atom. The SMILES string of the molecule is COc1ncc(C)c(-c2ccc3c(c2)[nH]c(=O)c2cnn([C@@H]4CCOC4)c23)c1C. The number of fused-ring (bicyclic) bond motifs is 3. The molecule has 5 rings (SSSR count). The van der Waals surface area contributed by atoms with Crippen LogP contribution in [0.3, 0.4) is 0 Å². The molecule has 3 aromatic heterocycles. The number of nitrogens with one attached hydrogen (secondary N) is 1. The molecule has 0 unspecified atom stereocenters. The molecule has 0 radical (unpaired) electrons. The largest absolute Gasteiger partial charge is 0.481 e. The number of hydrogen-bond donors (Lipinski definition) is 1. The summed E-state index contributed by atoms with van der Waals surface area (Å²) in [5.41, 5.74) is 5.64. The number of aryl methyl sites for hydroxylation is 1. The van der Waals surface area contributed by atoms with Crippen LogP contribution in [0.5, 0.6) is 5.88 Å². The van der Waals surface area contributed by atoms with E-state index in [9.17, 15) is 4.79 Å². The van der Waals surface area contributed by atoms with E-state index in [0.717, 1.165) is 51.7 Å². The van der Waals surface area contributed by atoms with Gasteiger partial charge in [0.05, 0.1) is 42.4 Å². The third kappa shape index (κ3) is 2.73. The van der Waals surface area contributed by atoms with Crippen LogP contribution in [0, 0.1) is 13.8 Å². The van der Waals surface area contributed by atoms with Crippen molar-refractivity contribution in [2.45, 2.75) is 26.3 Å². The average Bonchev–Trinajstić information content (AvgIpc) is 3.38. The van der Waals surface area contributed by atoms with Gasteiger partial charge >= 0.3 is 0 Å². The number of pyridine rings is 2. The van der Waals surface area contributed by atoms with Gasteiger partial charge < -0.3 is 14.5 Å². The molecule has 1 saturated heterocycles. The number of nitrogens with zero attached hydrogens (tertiary/aromatic N) is 3. The van der Waals surface area contributed by atoms with Gasteiger partial charge in [-0.15, -0.1) is 0 Å². The lowest BCUT2D eigenvalue weighted by Crippen LogP contribution is -2.12. The van der Waals surface area contributed by atoms with Crippen molar-refractivity contribution in [2.24, 2.45) is 0 Å². The second kappa shape index (κ2) is 6.70. The Bertz CT molecular complexity index is 1300. The molecule has 148 valence electrons. The molecule has 0 amide bonds. The van der Waals surface area contributed by atoms with Crippen molar-refractivity contribution in [3.63, 3.8) is 0 Å². The third-order valence-electron chi connectivity index (χ3n) is 5.76. The summed E-state index contributed by atoms with van der Waals surface area (Å²) < 4.78 is 12.9. The number of aromatic nitrogens is 4. The van der Waals surface area contributed by atoms with E-state index in [4.69, 9.17) is 9.47 Å². The van der Waals surface area contributed by atoms with Crippen molar-refractivity contribution < 1.29 is 9.47 Å². The lowest BCUT2D eigenvalue weighted by atomic mass is 9.96. The van der Waals surface area contributed by atoms with Gasteiger partial charge in [-0.25, -0.2) is 4.98 Å². The molecule has 4 aromatic rings. The fourth-order valence-corrected chi connectivity index (χ4v) is 4.36. The van der Waals surface area contributed by atoms with Crippen LogP contribution in [0.2, 0.25) is 0 Å². The zero-order valence-electron chi connectivity index (χ0n) is 16.7. The number of rotatable bonds is 3. The Balaban J connectivity index is 1.76. The minimum Gasteiger partial charge on any atom is -0.481 e. The molecule has 0 saturated carbocycles. The predicted octanol–water partition coefficient (Wildman–Crippen LogP) is 3.53. The first-order valence-corrected chi connectivity index (χ1v) is 9.70. The van der Waals surface area contributed by atoms with E-state index < -0.39 is 0 Å². The highest BCUT2D eigenvalue weighted by atomic mass is 16.5. The Kier molecular flexibility index (Phi) is 4.13. The summed E-state index contributed by atoms with van der Waals surface area (Å²) in [6, 6.07) is 6.32. The average molecular weight is 390 g/mol. The van der Waals surface area contributed by atoms with Gasteiger partial charge in [0.15, 0.2) is 0 Å². The Morgan fingerprint density at radius 1 is 1.24 bits per heavy atom. The molecule has 1 atom stereocenters. The normalized spacial score (nSPS) is 16.7. The molecular formula is C22H22N4O3. The van der Waals surface area contributed by atoms with Crippen LogP contribution in [0.15, 0.2) is 35.4 Å². The predicted molar refractivity (Wildman–Crippen MR) is 112 cm³/mol. The maximum Gasteiger partial charge on any atom is 0.259 e. The number of benzene rings is 1.